The molecule has 1 amide bonds. The molecule has 0 saturated heterocycles. The smallest absolute Gasteiger partial charge is 0.230 e. The zero-order valence-electron chi connectivity index (χ0n) is 15.5. The maximum absolute atomic E-state index is 12.5. The fraction of sp³-hybridized carbons (Fsp3) is 0.350. The summed E-state index contributed by atoms with van der Waals surface area (Å²) < 4.78 is 0. The van der Waals surface area contributed by atoms with E-state index in [1.54, 1.807) is 17.7 Å². The minimum absolute atomic E-state index is 0.0267. The van der Waals surface area contributed by atoms with Gasteiger partial charge in [0.25, 0.3) is 0 Å². The number of hydrogen-bond acceptors (Lipinski definition) is 5. The number of benzene rings is 1. The minimum atomic E-state index is 0.0267. The molecule has 0 aliphatic rings. The van der Waals surface area contributed by atoms with Crippen molar-refractivity contribution in [3.8, 4) is 0 Å². The Morgan fingerprint density at radius 3 is 2.62 bits per heavy atom. The molecule has 0 fully saturated rings. The minimum Gasteiger partial charge on any atom is -0.349 e. The van der Waals surface area contributed by atoms with Crippen molar-refractivity contribution in [1.82, 2.24) is 15.3 Å². The van der Waals surface area contributed by atoms with Gasteiger partial charge in [-0.1, -0.05) is 48.5 Å². The van der Waals surface area contributed by atoms with E-state index in [1.165, 1.54) is 27.8 Å². The SMILES string of the molecule is CCC(NC(=O)CSc1ncnc2sc(C)c(C)c12)c1ccc(C)cc1. The Labute approximate surface area is 162 Å². The van der Waals surface area contributed by atoms with Gasteiger partial charge in [-0.2, -0.15) is 0 Å². The Kier molecular flexibility index (Phi) is 5.94. The summed E-state index contributed by atoms with van der Waals surface area (Å²) in [5, 5.41) is 5.11. The predicted molar refractivity (Wildman–Crippen MR) is 110 cm³/mol. The second-order valence-electron chi connectivity index (χ2n) is 6.37. The van der Waals surface area contributed by atoms with Crippen molar-refractivity contribution in [2.75, 3.05) is 5.75 Å². The summed E-state index contributed by atoms with van der Waals surface area (Å²) in [5.41, 5.74) is 3.57. The van der Waals surface area contributed by atoms with E-state index in [1.807, 2.05) is 0 Å². The number of carbonyl (C=O) groups is 1. The second-order valence-corrected chi connectivity index (χ2v) is 8.54. The number of fused-ring (bicyclic) bond motifs is 1. The highest BCUT2D eigenvalue weighted by Crippen LogP contribution is 2.34. The van der Waals surface area contributed by atoms with E-state index < -0.39 is 0 Å². The fourth-order valence-electron chi connectivity index (χ4n) is 2.85. The molecule has 0 aliphatic carbocycles. The van der Waals surface area contributed by atoms with Gasteiger partial charge < -0.3 is 5.32 Å². The molecule has 0 saturated carbocycles. The van der Waals surface area contributed by atoms with Crippen LogP contribution in [-0.2, 0) is 4.79 Å². The van der Waals surface area contributed by atoms with Crippen molar-refractivity contribution in [1.29, 1.82) is 0 Å². The number of aryl methyl sites for hydroxylation is 3. The van der Waals surface area contributed by atoms with Crippen molar-refractivity contribution in [2.45, 2.75) is 45.2 Å². The van der Waals surface area contributed by atoms with Crippen LogP contribution in [0.5, 0.6) is 0 Å². The molecule has 136 valence electrons. The van der Waals surface area contributed by atoms with E-state index in [2.05, 4.69) is 67.2 Å². The van der Waals surface area contributed by atoms with E-state index in [4.69, 9.17) is 0 Å². The van der Waals surface area contributed by atoms with Crippen molar-refractivity contribution >= 4 is 39.2 Å². The van der Waals surface area contributed by atoms with Gasteiger partial charge in [-0.3, -0.25) is 4.79 Å². The van der Waals surface area contributed by atoms with Crippen molar-refractivity contribution in [3.63, 3.8) is 0 Å². The van der Waals surface area contributed by atoms with E-state index in [-0.39, 0.29) is 11.9 Å². The number of hydrogen-bond donors (Lipinski definition) is 1. The maximum atomic E-state index is 12.5. The second kappa shape index (κ2) is 8.18. The number of carbonyl (C=O) groups excluding carboxylic acids is 1. The molecule has 0 aliphatic heterocycles. The Morgan fingerprint density at radius 1 is 1.19 bits per heavy atom. The number of amides is 1. The van der Waals surface area contributed by atoms with Crippen LogP contribution in [0.1, 0.15) is 41.0 Å². The lowest BCUT2D eigenvalue weighted by Gasteiger charge is -2.17. The lowest BCUT2D eigenvalue weighted by molar-refractivity contribution is -0.119. The van der Waals surface area contributed by atoms with Gasteiger partial charge in [-0.05, 0) is 38.3 Å². The molecule has 0 spiro atoms. The lowest BCUT2D eigenvalue weighted by Crippen LogP contribution is -2.29. The first-order chi connectivity index (χ1) is 12.5. The van der Waals surface area contributed by atoms with E-state index in [0.29, 0.717) is 5.75 Å². The van der Waals surface area contributed by atoms with Crippen molar-refractivity contribution < 1.29 is 4.79 Å². The van der Waals surface area contributed by atoms with Crippen LogP contribution >= 0.6 is 23.1 Å². The molecular weight excluding hydrogens is 362 g/mol. The Balaban J connectivity index is 1.68. The van der Waals surface area contributed by atoms with Gasteiger partial charge in [0.05, 0.1) is 11.8 Å². The van der Waals surface area contributed by atoms with Crippen LogP contribution < -0.4 is 5.32 Å². The van der Waals surface area contributed by atoms with Gasteiger partial charge in [-0.25, -0.2) is 9.97 Å². The molecule has 4 nitrogen and oxygen atoms in total. The number of thioether (sulfide) groups is 1. The highest BCUT2D eigenvalue weighted by atomic mass is 32.2. The van der Waals surface area contributed by atoms with Crippen LogP contribution in [-0.4, -0.2) is 21.6 Å². The number of nitrogens with zero attached hydrogens (tertiary/aromatic N) is 2. The Morgan fingerprint density at radius 2 is 1.92 bits per heavy atom. The molecule has 0 bridgehead atoms. The van der Waals surface area contributed by atoms with Crippen molar-refractivity contribution in [3.05, 3.63) is 52.2 Å². The van der Waals surface area contributed by atoms with E-state index >= 15 is 0 Å². The third-order valence-corrected chi connectivity index (χ3v) is 6.60. The van der Waals surface area contributed by atoms with Gasteiger partial charge in [0.15, 0.2) is 0 Å². The Bertz CT molecular complexity index is 919. The standard InChI is InChI=1S/C20H23N3OS2/c1-5-16(15-8-6-12(2)7-9-15)23-17(24)10-25-19-18-13(3)14(4)26-20(18)22-11-21-19/h6-9,11,16H,5,10H2,1-4H3,(H,23,24). The molecule has 2 heterocycles. The molecule has 1 unspecified atom stereocenters. The summed E-state index contributed by atoms with van der Waals surface area (Å²) in [6.45, 7) is 8.34. The molecule has 3 aromatic rings. The molecular formula is C20H23N3OS2. The first kappa shape index (κ1) is 18.9. The monoisotopic (exact) mass is 385 g/mol. The quantitative estimate of drug-likeness (QED) is 0.480. The van der Waals surface area contributed by atoms with Crippen LogP contribution in [0.4, 0.5) is 0 Å². The van der Waals surface area contributed by atoms with Gasteiger partial charge in [0, 0.05) is 10.3 Å². The maximum Gasteiger partial charge on any atom is 0.230 e. The summed E-state index contributed by atoms with van der Waals surface area (Å²) >= 11 is 3.15. The molecule has 1 aromatic carbocycles. The largest absolute Gasteiger partial charge is 0.349 e. The fourth-order valence-corrected chi connectivity index (χ4v) is 4.78. The normalized spacial score (nSPS) is 12.3. The third kappa shape index (κ3) is 4.07. The van der Waals surface area contributed by atoms with Crippen LogP contribution in [0.15, 0.2) is 35.6 Å². The lowest BCUT2D eigenvalue weighted by atomic mass is 10.0. The predicted octanol–water partition coefficient (Wildman–Crippen LogP) is 4.98. The van der Waals surface area contributed by atoms with Crippen LogP contribution in [0.3, 0.4) is 0 Å². The number of thiophene rings is 1. The van der Waals surface area contributed by atoms with Gasteiger partial charge >= 0.3 is 0 Å². The summed E-state index contributed by atoms with van der Waals surface area (Å²) in [6, 6.07) is 8.38. The summed E-state index contributed by atoms with van der Waals surface area (Å²) in [5.74, 6) is 0.377. The molecule has 2 aromatic heterocycles. The van der Waals surface area contributed by atoms with Crippen LogP contribution in [0.2, 0.25) is 0 Å². The van der Waals surface area contributed by atoms with Crippen LogP contribution in [0.25, 0.3) is 10.2 Å². The third-order valence-electron chi connectivity index (χ3n) is 4.49. The van der Waals surface area contributed by atoms with Crippen LogP contribution in [0, 0.1) is 20.8 Å². The summed E-state index contributed by atoms with van der Waals surface area (Å²) in [6.07, 6.45) is 2.44. The summed E-state index contributed by atoms with van der Waals surface area (Å²) in [4.78, 5) is 23.5. The molecule has 0 radical (unpaired) electrons. The number of rotatable bonds is 6. The molecule has 26 heavy (non-hydrogen) atoms. The Hall–Kier alpha value is -1.92. The molecule has 1 N–H and O–H groups in total. The zero-order valence-corrected chi connectivity index (χ0v) is 17.1. The highest BCUT2D eigenvalue weighted by Gasteiger charge is 2.16. The average molecular weight is 386 g/mol. The van der Waals surface area contributed by atoms with Gasteiger partial charge in [0.2, 0.25) is 5.91 Å². The number of aromatic nitrogens is 2. The average Bonchev–Trinajstić information content (AvgIpc) is 2.93. The van der Waals surface area contributed by atoms with Gasteiger partial charge in [-0.15, -0.1) is 11.3 Å². The van der Waals surface area contributed by atoms with E-state index in [9.17, 15) is 4.79 Å². The van der Waals surface area contributed by atoms with E-state index in [0.717, 1.165) is 27.2 Å². The molecule has 3 rings (SSSR count). The first-order valence-electron chi connectivity index (χ1n) is 8.69. The van der Waals surface area contributed by atoms with Gasteiger partial charge in [0.1, 0.15) is 16.2 Å². The topological polar surface area (TPSA) is 54.9 Å². The molecule has 1 atom stereocenters. The molecule has 6 heteroatoms. The number of nitrogens with one attached hydrogen (secondary N) is 1. The summed E-state index contributed by atoms with van der Waals surface area (Å²) in [7, 11) is 0. The zero-order chi connectivity index (χ0) is 18.7. The highest BCUT2D eigenvalue weighted by molar-refractivity contribution is 8.00. The van der Waals surface area contributed by atoms with Crippen molar-refractivity contribution in [2.24, 2.45) is 0 Å². The first-order valence-corrected chi connectivity index (χ1v) is 10.5.